The Morgan fingerprint density at radius 2 is 2.26 bits per heavy atom. The van der Waals surface area contributed by atoms with Crippen LogP contribution in [0.3, 0.4) is 0 Å². The van der Waals surface area contributed by atoms with Gasteiger partial charge in [0.15, 0.2) is 0 Å². The van der Waals surface area contributed by atoms with Gasteiger partial charge in [-0.15, -0.1) is 0 Å². The van der Waals surface area contributed by atoms with Crippen molar-refractivity contribution >= 4 is 7.75 Å². The molecule has 2 atom stereocenters. The SMILES string of the molecule is CCCCOP(=O)(OC(C)C)N1CCCC[C@H]1c1cccnc1. The van der Waals surface area contributed by atoms with Gasteiger partial charge in [0.1, 0.15) is 0 Å². The second-order valence-electron chi connectivity index (χ2n) is 6.27. The minimum Gasteiger partial charge on any atom is -0.297 e. The quantitative estimate of drug-likeness (QED) is 0.494. The van der Waals surface area contributed by atoms with E-state index in [0.717, 1.165) is 44.2 Å². The molecule has 0 radical (unpaired) electrons. The van der Waals surface area contributed by atoms with Gasteiger partial charge in [-0.25, -0.2) is 9.24 Å². The maximum absolute atomic E-state index is 13.5. The Morgan fingerprint density at radius 3 is 2.91 bits per heavy atom. The molecule has 5 nitrogen and oxygen atoms in total. The van der Waals surface area contributed by atoms with Crippen molar-refractivity contribution in [1.82, 2.24) is 9.65 Å². The summed E-state index contributed by atoms with van der Waals surface area (Å²) in [7, 11) is -3.30. The van der Waals surface area contributed by atoms with E-state index in [1.54, 1.807) is 6.20 Å². The first-order chi connectivity index (χ1) is 11.1. The minimum atomic E-state index is -3.30. The average molecular weight is 340 g/mol. The first-order valence-corrected chi connectivity index (χ1v) is 10.2. The number of piperidine rings is 1. The van der Waals surface area contributed by atoms with Crippen LogP contribution in [0.25, 0.3) is 0 Å². The number of aromatic nitrogens is 1. The van der Waals surface area contributed by atoms with Crippen molar-refractivity contribution in [2.24, 2.45) is 0 Å². The van der Waals surface area contributed by atoms with Crippen molar-refractivity contribution in [2.75, 3.05) is 13.2 Å². The van der Waals surface area contributed by atoms with Crippen LogP contribution >= 0.6 is 7.75 Å². The molecule has 23 heavy (non-hydrogen) atoms. The summed E-state index contributed by atoms with van der Waals surface area (Å²) in [5, 5.41) is 0. The zero-order valence-electron chi connectivity index (χ0n) is 14.5. The van der Waals surface area contributed by atoms with E-state index in [-0.39, 0.29) is 12.1 Å². The lowest BCUT2D eigenvalue weighted by Crippen LogP contribution is -2.33. The Balaban J connectivity index is 2.24. The van der Waals surface area contributed by atoms with E-state index in [1.165, 1.54) is 0 Å². The second-order valence-corrected chi connectivity index (χ2v) is 8.19. The van der Waals surface area contributed by atoms with E-state index in [9.17, 15) is 4.57 Å². The molecule has 1 saturated heterocycles. The molecule has 1 fully saturated rings. The highest BCUT2D eigenvalue weighted by atomic mass is 31.2. The number of rotatable bonds is 8. The molecule has 0 aliphatic carbocycles. The van der Waals surface area contributed by atoms with Gasteiger partial charge in [0, 0.05) is 25.0 Å². The molecule has 0 bridgehead atoms. The summed E-state index contributed by atoms with van der Waals surface area (Å²) < 4.78 is 27.1. The van der Waals surface area contributed by atoms with Crippen LogP contribution in [0.2, 0.25) is 0 Å². The summed E-state index contributed by atoms with van der Waals surface area (Å²) >= 11 is 0. The first kappa shape index (κ1) is 18.6. The van der Waals surface area contributed by atoms with Crippen molar-refractivity contribution in [3.63, 3.8) is 0 Å². The molecule has 2 heterocycles. The Hall–Kier alpha value is -0.740. The normalized spacial score (nSPS) is 22.2. The fourth-order valence-electron chi connectivity index (χ4n) is 2.88. The standard InChI is InChI=1S/C17H29N2O3P/c1-4-5-13-21-23(20,22-15(2)3)19-12-7-6-10-17(19)16-9-8-11-18-14-16/h8-9,11,14-15,17H,4-7,10,12-13H2,1-3H3/t17-,23?/m0/s1. The molecule has 130 valence electrons. The zero-order chi connectivity index (χ0) is 16.7. The number of pyridine rings is 1. The number of hydrogen-bond donors (Lipinski definition) is 0. The van der Waals surface area contributed by atoms with Gasteiger partial charge in [0.25, 0.3) is 0 Å². The molecule has 1 aromatic rings. The molecule has 1 aliphatic heterocycles. The molecule has 1 aliphatic rings. The Morgan fingerprint density at radius 1 is 1.43 bits per heavy atom. The summed E-state index contributed by atoms with van der Waals surface area (Å²) in [6.07, 6.45) is 8.46. The predicted molar refractivity (Wildman–Crippen MR) is 92.2 cm³/mol. The lowest BCUT2D eigenvalue weighted by atomic mass is 9.99. The third-order valence-electron chi connectivity index (χ3n) is 3.95. The summed E-state index contributed by atoms with van der Waals surface area (Å²) in [6, 6.07) is 4.01. The highest BCUT2D eigenvalue weighted by Crippen LogP contribution is 2.58. The zero-order valence-corrected chi connectivity index (χ0v) is 15.4. The average Bonchev–Trinajstić information content (AvgIpc) is 2.55. The molecule has 6 heteroatoms. The fourth-order valence-corrected chi connectivity index (χ4v) is 5.08. The van der Waals surface area contributed by atoms with Crippen LogP contribution < -0.4 is 0 Å². The fraction of sp³-hybridized carbons (Fsp3) is 0.706. The van der Waals surface area contributed by atoms with Crippen molar-refractivity contribution < 1.29 is 13.6 Å². The van der Waals surface area contributed by atoms with Crippen LogP contribution in [-0.4, -0.2) is 28.9 Å². The summed E-state index contributed by atoms with van der Waals surface area (Å²) in [6.45, 7) is 7.10. The third-order valence-corrected chi connectivity index (χ3v) is 6.26. The van der Waals surface area contributed by atoms with Crippen LogP contribution in [0.4, 0.5) is 0 Å². The maximum atomic E-state index is 13.5. The summed E-state index contributed by atoms with van der Waals surface area (Å²) in [5.41, 5.74) is 1.08. The van der Waals surface area contributed by atoms with E-state index in [1.807, 2.05) is 36.8 Å². The van der Waals surface area contributed by atoms with E-state index in [0.29, 0.717) is 6.61 Å². The van der Waals surface area contributed by atoms with Crippen molar-refractivity contribution in [2.45, 2.75) is 65.0 Å². The topological polar surface area (TPSA) is 51.7 Å². The lowest BCUT2D eigenvalue weighted by molar-refractivity contribution is 0.101. The van der Waals surface area contributed by atoms with Gasteiger partial charge < -0.3 is 0 Å². The van der Waals surface area contributed by atoms with Gasteiger partial charge in [-0.1, -0.05) is 25.8 Å². The van der Waals surface area contributed by atoms with E-state index < -0.39 is 7.75 Å². The minimum absolute atomic E-state index is 0.0451. The van der Waals surface area contributed by atoms with Crippen LogP contribution in [0.5, 0.6) is 0 Å². The third kappa shape index (κ3) is 5.12. The number of hydrogen-bond acceptors (Lipinski definition) is 4. The van der Waals surface area contributed by atoms with Crippen molar-refractivity contribution in [1.29, 1.82) is 0 Å². The first-order valence-electron chi connectivity index (χ1n) is 8.67. The molecular weight excluding hydrogens is 311 g/mol. The van der Waals surface area contributed by atoms with Gasteiger partial charge in [-0.3, -0.25) is 14.0 Å². The van der Waals surface area contributed by atoms with E-state index >= 15 is 0 Å². The van der Waals surface area contributed by atoms with Crippen LogP contribution in [0, 0.1) is 0 Å². The smallest absolute Gasteiger partial charge is 0.297 e. The number of unbranched alkanes of at least 4 members (excludes halogenated alkanes) is 1. The van der Waals surface area contributed by atoms with Crippen molar-refractivity contribution in [3.05, 3.63) is 30.1 Å². The molecule has 0 spiro atoms. The van der Waals surface area contributed by atoms with Crippen LogP contribution in [0.1, 0.15) is 64.5 Å². The van der Waals surface area contributed by atoms with Gasteiger partial charge in [-0.05, 0) is 44.7 Å². The van der Waals surface area contributed by atoms with E-state index in [4.69, 9.17) is 9.05 Å². The Bertz CT molecular complexity index is 510. The molecule has 2 rings (SSSR count). The molecule has 1 unspecified atom stereocenters. The molecule has 0 amide bonds. The predicted octanol–water partition coefficient (Wildman–Crippen LogP) is 4.96. The summed E-state index contributed by atoms with van der Waals surface area (Å²) in [4.78, 5) is 4.21. The lowest BCUT2D eigenvalue weighted by Gasteiger charge is -2.39. The molecular formula is C17H29N2O3P. The van der Waals surface area contributed by atoms with Crippen LogP contribution in [-0.2, 0) is 13.6 Å². The largest absolute Gasteiger partial charge is 0.408 e. The van der Waals surface area contributed by atoms with Gasteiger partial charge in [0.2, 0.25) is 0 Å². The van der Waals surface area contributed by atoms with Gasteiger partial charge in [0.05, 0.1) is 12.7 Å². The maximum Gasteiger partial charge on any atom is 0.408 e. The molecule has 0 N–H and O–H groups in total. The van der Waals surface area contributed by atoms with E-state index in [2.05, 4.69) is 11.9 Å². The molecule has 0 aromatic carbocycles. The number of nitrogens with zero attached hydrogens (tertiary/aromatic N) is 2. The monoisotopic (exact) mass is 340 g/mol. The van der Waals surface area contributed by atoms with Crippen molar-refractivity contribution in [3.8, 4) is 0 Å². The molecule has 1 aromatic heterocycles. The summed E-state index contributed by atoms with van der Waals surface area (Å²) in [5.74, 6) is 0. The Kier molecular flexibility index (Phi) is 7.22. The second kappa shape index (κ2) is 8.93. The highest BCUT2D eigenvalue weighted by Gasteiger charge is 2.41. The van der Waals surface area contributed by atoms with Crippen LogP contribution in [0.15, 0.2) is 24.5 Å². The van der Waals surface area contributed by atoms with Gasteiger partial charge >= 0.3 is 7.75 Å². The van der Waals surface area contributed by atoms with Gasteiger partial charge in [-0.2, -0.15) is 0 Å². The molecule has 0 saturated carbocycles. The Labute approximate surface area is 140 Å². The highest BCUT2D eigenvalue weighted by molar-refractivity contribution is 7.51.